The van der Waals surface area contributed by atoms with Crippen molar-refractivity contribution in [3.05, 3.63) is 24.3 Å². The third kappa shape index (κ3) is 6.08. The quantitative estimate of drug-likeness (QED) is 0.727. The van der Waals surface area contributed by atoms with Crippen LogP contribution in [-0.4, -0.2) is 48.6 Å². The van der Waals surface area contributed by atoms with Crippen LogP contribution in [0.5, 0.6) is 5.75 Å². The number of likely N-dealkylation sites (tertiary alicyclic amines) is 1. The third-order valence-electron chi connectivity index (χ3n) is 4.15. The zero-order chi connectivity index (χ0) is 20.0. The second kappa shape index (κ2) is 9.15. The van der Waals surface area contributed by atoms with Gasteiger partial charge in [0.2, 0.25) is 0 Å². The van der Waals surface area contributed by atoms with Crippen molar-refractivity contribution in [2.24, 2.45) is 11.7 Å². The van der Waals surface area contributed by atoms with Crippen molar-refractivity contribution in [1.82, 2.24) is 4.90 Å². The fraction of sp³-hybridized carbons (Fsp3) is 0.471. The van der Waals surface area contributed by atoms with E-state index in [1.54, 1.807) is 0 Å². The van der Waals surface area contributed by atoms with E-state index in [9.17, 15) is 23.2 Å². The van der Waals surface area contributed by atoms with Crippen molar-refractivity contribution >= 4 is 23.6 Å². The summed E-state index contributed by atoms with van der Waals surface area (Å²) in [5, 5.41) is 2.52. The summed E-state index contributed by atoms with van der Waals surface area (Å²) in [6.45, 7) is -0.773. The monoisotopic (exact) mass is 385 g/mol. The molecule has 1 unspecified atom stereocenters. The van der Waals surface area contributed by atoms with Gasteiger partial charge < -0.3 is 25.4 Å². The lowest BCUT2D eigenvalue weighted by atomic mass is 9.97. The highest BCUT2D eigenvalue weighted by Crippen LogP contribution is 2.20. The number of piperidine rings is 1. The number of urea groups is 1. The molecule has 1 aromatic carbocycles. The van der Waals surface area contributed by atoms with Gasteiger partial charge in [0.25, 0.3) is 5.91 Å². The molecule has 0 aliphatic carbocycles. The number of nitrogens with two attached hydrogens (primary N) is 1. The first-order valence-corrected chi connectivity index (χ1v) is 8.37. The molecule has 8 nitrogen and oxygen atoms in total. The van der Waals surface area contributed by atoms with Crippen molar-refractivity contribution in [3.8, 4) is 5.75 Å². The van der Waals surface area contributed by atoms with Crippen LogP contribution in [0.15, 0.2) is 24.3 Å². The number of ether oxygens (including phenoxy) is 2. The Morgan fingerprint density at radius 2 is 1.78 bits per heavy atom. The van der Waals surface area contributed by atoms with Crippen molar-refractivity contribution < 1.29 is 32.6 Å². The molecule has 0 saturated carbocycles. The Morgan fingerprint density at radius 3 is 2.30 bits per heavy atom. The summed E-state index contributed by atoms with van der Waals surface area (Å²) < 4.78 is 33.6. The van der Waals surface area contributed by atoms with Crippen molar-refractivity contribution in [1.29, 1.82) is 0 Å². The van der Waals surface area contributed by atoms with Gasteiger partial charge in [-0.3, -0.25) is 9.59 Å². The van der Waals surface area contributed by atoms with E-state index in [0.29, 0.717) is 31.6 Å². The van der Waals surface area contributed by atoms with Gasteiger partial charge in [0.05, 0.1) is 5.92 Å². The molecule has 3 amide bonds. The maximum atomic E-state index is 12.2. The molecule has 1 heterocycles. The molecule has 0 spiro atoms. The largest absolute Gasteiger partial charge is 0.452 e. The first kappa shape index (κ1) is 20.4. The van der Waals surface area contributed by atoms with Crippen LogP contribution >= 0.6 is 0 Å². The zero-order valence-corrected chi connectivity index (χ0v) is 14.7. The van der Waals surface area contributed by atoms with Crippen molar-refractivity contribution in [2.75, 3.05) is 18.4 Å². The Balaban J connectivity index is 1.81. The number of benzene rings is 1. The summed E-state index contributed by atoms with van der Waals surface area (Å²) in [6, 6.07) is 4.82. The standard InChI is InChI=1S/C17H21F2N3O5/c1-10(26-15(24)11-6-8-22(9-7-11)17(20)25)14(23)21-12-2-4-13(5-3-12)27-16(18)19/h2-5,10-11,16H,6-9H2,1H3,(H2,20,25)(H,21,23). The molecule has 1 aromatic rings. The molecule has 1 aliphatic rings. The van der Waals surface area contributed by atoms with Crippen molar-refractivity contribution in [2.45, 2.75) is 32.5 Å². The Hall–Kier alpha value is -2.91. The first-order valence-electron chi connectivity index (χ1n) is 8.37. The minimum absolute atomic E-state index is 0.0372. The number of anilines is 1. The summed E-state index contributed by atoms with van der Waals surface area (Å²) in [5.74, 6) is -1.51. The van der Waals surface area contributed by atoms with Gasteiger partial charge in [-0.2, -0.15) is 8.78 Å². The van der Waals surface area contributed by atoms with Gasteiger partial charge in [-0.05, 0) is 44.0 Å². The molecule has 0 radical (unpaired) electrons. The normalized spacial score (nSPS) is 15.9. The molecule has 27 heavy (non-hydrogen) atoms. The van der Waals surface area contributed by atoms with Gasteiger partial charge in [-0.25, -0.2) is 4.79 Å². The Morgan fingerprint density at radius 1 is 1.19 bits per heavy atom. The van der Waals surface area contributed by atoms with Gasteiger partial charge in [0.15, 0.2) is 6.10 Å². The third-order valence-corrected chi connectivity index (χ3v) is 4.15. The van der Waals surface area contributed by atoms with E-state index in [4.69, 9.17) is 10.5 Å². The van der Waals surface area contributed by atoms with E-state index in [0.717, 1.165) is 0 Å². The topological polar surface area (TPSA) is 111 Å². The number of carbonyl (C=O) groups excluding carboxylic acids is 3. The molecule has 1 saturated heterocycles. The van der Waals surface area contributed by atoms with E-state index >= 15 is 0 Å². The number of carbonyl (C=O) groups is 3. The van der Waals surface area contributed by atoms with Crippen LogP contribution in [0.4, 0.5) is 19.3 Å². The fourth-order valence-corrected chi connectivity index (χ4v) is 2.62. The molecule has 3 N–H and O–H groups in total. The highest BCUT2D eigenvalue weighted by atomic mass is 19.3. The molecule has 10 heteroatoms. The molecule has 2 rings (SSSR count). The van der Waals surface area contributed by atoms with Crippen LogP contribution in [0, 0.1) is 5.92 Å². The second-order valence-corrected chi connectivity index (χ2v) is 6.07. The highest BCUT2D eigenvalue weighted by Gasteiger charge is 2.29. The van der Waals surface area contributed by atoms with Crippen LogP contribution in [-0.2, 0) is 14.3 Å². The lowest BCUT2D eigenvalue weighted by Crippen LogP contribution is -2.44. The minimum Gasteiger partial charge on any atom is -0.452 e. The molecule has 1 fully saturated rings. The number of halogens is 2. The number of primary amides is 1. The van der Waals surface area contributed by atoms with Gasteiger partial charge in [-0.15, -0.1) is 0 Å². The second-order valence-electron chi connectivity index (χ2n) is 6.07. The molecule has 148 valence electrons. The lowest BCUT2D eigenvalue weighted by Gasteiger charge is -2.30. The number of nitrogens with one attached hydrogen (secondary N) is 1. The number of amides is 3. The Labute approximate surface area is 154 Å². The van der Waals surface area contributed by atoms with E-state index in [1.165, 1.54) is 36.1 Å². The van der Waals surface area contributed by atoms with Crippen LogP contribution in [0.25, 0.3) is 0 Å². The van der Waals surface area contributed by atoms with Crippen LogP contribution < -0.4 is 15.8 Å². The van der Waals surface area contributed by atoms with Gasteiger partial charge in [0, 0.05) is 18.8 Å². The van der Waals surface area contributed by atoms with E-state index in [-0.39, 0.29) is 5.75 Å². The Bertz CT molecular complexity index is 676. The van der Waals surface area contributed by atoms with E-state index in [2.05, 4.69) is 10.1 Å². The number of hydrogen-bond donors (Lipinski definition) is 2. The zero-order valence-electron chi connectivity index (χ0n) is 14.7. The summed E-state index contributed by atoms with van der Waals surface area (Å²) in [4.78, 5) is 36.8. The van der Waals surface area contributed by atoms with Gasteiger partial charge >= 0.3 is 18.6 Å². The summed E-state index contributed by atoms with van der Waals surface area (Å²) in [7, 11) is 0. The van der Waals surface area contributed by atoms with Crippen LogP contribution in [0.3, 0.4) is 0 Å². The summed E-state index contributed by atoms with van der Waals surface area (Å²) in [6.07, 6.45) is -0.202. The number of rotatable bonds is 6. The molecular weight excluding hydrogens is 364 g/mol. The fourth-order valence-electron chi connectivity index (χ4n) is 2.62. The van der Waals surface area contributed by atoms with E-state index < -0.39 is 36.5 Å². The molecular formula is C17H21F2N3O5. The molecule has 1 aliphatic heterocycles. The van der Waals surface area contributed by atoms with Crippen molar-refractivity contribution in [3.63, 3.8) is 0 Å². The van der Waals surface area contributed by atoms with Gasteiger partial charge in [-0.1, -0.05) is 0 Å². The lowest BCUT2D eigenvalue weighted by molar-refractivity contribution is -0.158. The molecule has 0 aromatic heterocycles. The number of hydrogen-bond acceptors (Lipinski definition) is 5. The van der Waals surface area contributed by atoms with Crippen LogP contribution in [0.1, 0.15) is 19.8 Å². The number of esters is 1. The smallest absolute Gasteiger partial charge is 0.387 e. The predicted molar refractivity (Wildman–Crippen MR) is 91.1 cm³/mol. The average molecular weight is 385 g/mol. The maximum Gasteiger partial charge on any atom is 0.387 e. The predicted octanol–water partition coefficient (Wildman–Crippen LogP) is 1.95. The first-order chi connectivity index (χ1) is 12.8. The van der Waals surface area contributed by atoms with E-state index in [1.807, 2.05) is 0 Å². The summed E-state index contributed by atoms with van der Waals surface area (Å²) in [5.41, 5.74) is 5.53. The number of alkyl halides is 2. The average Bonchev–Trinajstić information content (AvgIpc) is 2.62. The highest BCUT2D eigenvalue weighted by molar-refractivity contribution is 5.95. The number of nitrogens with zero attached hydrogens (tertiary/aromatic N) is 1. The Kier molecular flexibility index (Phi) is 6.91. The minimum atomic E-state index is -2.93. The van der Waals surface area contributed by atoms with Crippen LogP contribution in [0.2, 0.25) is 0 Å². The SMILES string of the molecule is CC(OC(=O)C1CCN(C(N)=O)CC1)C(=O)Nc1ccc(OC(F)F)cc1. The van der Waals surface area contributed by atoms with Gasteiger partial charge in [0.1, 0.15) is 5.75 Å². The summed E-state index contributed by atoms with van der Waals surface area (Å²) >= 11 is 0. The molecule has 1 atom stereocenters. The maximum absolute atomic E-state index is 12.2. The molecule has 0 bridgehead atoms.